The summed E-state index contributed by atoms with van der Waals surface area (Å²) in [5, 5.41) is -0.00872. The summed E-state index contributed by atoms with van der Waals surface area (Å²) in [6.07, 6.45) is 2.53. The third-order valence-corrected chi connectivity index (χ3v) is 5.46. The SMILES string of the molecule is CCN1C(=O)CCc2cc(NS(=O)(=O)c3cn(C)c(C)n3)ccc21. The Hall–Kier alpha value is -2.35. The van der Waals surface area contributed by atoms with Crippen molar-refractivity contribution < 1.29 is 13.2 Å². The van der Waals surface area contributed by atoms with E-state index in [-0.39, 0.29) is 10.9 Å². The molecule has 0 atom stereocenters. The van der Waals surface area contributed by atoms with Gasteiger partial charge in [0.15, 0.2) is 5.03 Å². The van der Waals surface area contributed by atoms with Crippen LogP contribution in [0.1, 0.15) is 24.7 Å². The van der Waals surface area contributed by atoms with Crippen molar-refractivity contribution in [2.24, 2.45) is 7.05 Å². The molecule has 2 heterocycles. The van der Waals surface area contributed by atoms with Crippen LogP contribution in [-0.2, 0) is 28.3 Å². The molecule has 0 saturated carbocycles. The molecule has 7 nitrogen and oxygen atoms in total. The van der Waals surface area contributed by atoms with Crippen molar-refractivity contribution >= 4 is 27.3 Å². The topological polar surface area (TPSA) is 84.3 Å². The maximum absolute atomic E-state index is 12.5. The van der Waals surface area contributed by atoms with Gasteiger partial charge in [-0.25, -0.2) is 4.98 Å². The maximum Gasteiger partial charge on any atom is 0.280 e. The molecule has 0 aliphatic carbocycles. The third-order valence-electron chi connectivity index (χ3n) is 4.21. The number of carbonyl (C=O) groups excluding carboxylic acids is 1. The summed E-state index contributed by atoms with van der Waals surface area (Å²) >= 11 is 0. The second-order valence-electron chi connectivity index (χ2n) is 5.82. The van der Waals surface area contributed by atoms with Crippen molar-refractivity contribution in [2.75, 3.05) is 16.2 Å². The Balaban J connectivity index is 1.90. The lowest BCUT2D eigenvalue weighted by Gasteiger charge is -2.28. The van der Waals surface area contributed by atoms with Crippen molar-refractivity contribution in [2.45, 2.75) is 31.7 Å². The highest BCUT2D eigenvalue weighted by Gasteiger charge is 2.24. The standard InChI is InChI=1S/C16H20N4O3S/c1-4-20-14-7-6-13(9-12(14)5-8-16(20)21)18-24(22,23)15-10-19(3)11(2)17-15/h6-7,9-10,18H,4-5,8H2,1-3H3. The summed E-state index contributed by atoms with van der Waals surface area (Å²) < 4.78 is 29.1. The van der Waals surface area contributed by atoms with Gasteiger partial charge in [-0.15, -0.1) is 0 Å². The number of nitrogens with one attached hydrogen (secondary N) is 1. The van der Waals surface area contributed by atoms with Crippen LogP contribution in [0.4, 0.5) is 11.4 Å². The number of anilines is 2. The molecule has 0 fully saturated rings. The molecule has 0 spiro atoms. The molecule has 2 aromatic rings. The molecule has 0 bridgehead atoms. The summed E-state index contributed by atoms with van der Waals surface area (Å²) in [5.74, 6) is 0.722. The van der Waals surface area contributed by atoms with Gasteiger partial charge in [0.05, 0.1) is 0 Å². The number of sulfonamides is 1. The molecule has 0 unspecified atom stereocenters. The minimum absolute atomic E-state index is 0.00872. The van der Waals surface area contributed by atoms with Crippen molar-refractivity contribution in [3.63, 3.8) is 0 Å². The Morgan fingerprint density at radius 2 is 2.04 bits per heavy atom. The molecule has 1 aromatic heterocycles. The molecule has 8 heteroatoms. The molecule has 1 aromatic carbocycles. The van der Waals surface area contributed by atoms with Gasteiger partial charge in [0.1, 0.15) is 5.82 Å². The normalized spacial score (nSPS) is 14.6. The van der Waals surface area contributed by atoms with E-state index in [4.69, 9.17) is 0 Å². The minimum Gasteiger partial charge on any atom is -0.337 e. The van der Waals surface area contributed by atoms with E-state index >= 15 is 0 Å². The average Bonchev–Trinajstić information content (AvgIpc) is 2.87. The number of benzene rings is 1. The molecule has 1 N–H and O–H groups in total. The van der Waals surface area contributed by atoms with Gasteiger partial charge in [0, 0.05) is 37.6 Å². The summed E-state index contributed by atoms with van der Waals surface area (Å²) in [5.41, 5.74) is 2.29. The fraction of sp³-hybridized carbons (Fsp3) is 0.375. The highest BCUT2D eigenvalue weighted by Crippen LogP contribution is 2.30. The predicted octanol–water partition coefficient (Wildman–Crippen LogP) is 1.83. The summed E-state index contributed by atoms with van der Waals surface area (Å²) in [6.45, 7) is 4.27. The van der Waals surface area contributed by atoms with Crippen LogP contribution < -0.4 is 9.62 Å². The number of hydrogen-bond acceptors (Lipinski definition) is 4. The summed E-state index contributed by atoms with van der Waals surface area (Å²) in [4.78, 5) is 17.7. The average molecular weight is 348 g/mol. The van der Waals surface area contributed by atoms with Crippen molar-refractivity contribution in [3.05, 3.63) is 35.8 Å². The number of nitrogens with zero attached hydrogens (tertiary/aromatic N) is 3. The Morgan fingerprint density at radius 1 is 1.29 bits per heavy atom. The highest BCUT2D eigenvalue weighted by molar-refractivity contribution is 7.92. The van der Waals surface area contributed by atoms with Gasteiger partial charge in [0.25, 0.3) is 10.0 Å². The first-order chi connectivity index (χ1) is 11.3. The number of rotatable bonds is 4. The van der Waals surface area contributed by atoms with E-state index in [2.05, 4.69) is 9.71 Å². The number of imidazole rings is 1. The molecular formula is C16H20N4O3S. The molecule has 0 radical (unpaired) electrons. The number of hydrogen-bond donors (Lipinski definition) is 1. The fourth-order valence-corrected chi connectivity index (χ4v) is 3.92. The van der Waals surface area contributed by atoms with E-state index in [1.54, 1.807) is 41.6 Å². The van der Waals surface area contributed by atoms with Crippen LogP contribution in [0.5, 0.6) is 0 Å². The molecule has 3 rings (SSSR count). The van der Waals surface area contributed by atoms with Crippen molar-refractivity contribution in [1.29, 1.82) is 0 Å². The molecule has 0 saturated heterocycles. The van der Waals surface area contributed by atoms with Crippen LogP contribution in [-0.4, -0.2) is 30.4 Å². The molecule has 24 heavy (non-hydrogen) atoms. The number of aryl methyl sites for hydroxylation is 3. The second kappa shape index (κ2) is 5.94. The van der Waals surface area contributed by atoms with E-state index in [9.17, 15) is 13.2 Å². The van der Waals surface area contributed by atoms with Gasteiger partial charge in [-0.2, -0.15) is 8.42 Å². The van der Waals surface area contributed by atoms with Gasteiger partial charge in [0.2, 0.25) is 5.91 Å². The van der Waals surface area contributed by atoms with E-state index < -0.39 is 10.0 Å². The zero-order valence-electron chi connectivity index (χ0n) is 13.9. The van der Waals surface area contributed by atoms with Crippen LogP contribution in [0.2, 0.25) is 0 Å². The lowest BCUT2D eigenvalue weighted by Crippen LogP contribution is -2.34. The quantitative estimate of drug-likeness (QED) is 0.913. The van der Waals surface area contributed by atoms with Crippen molar-refractivity contribution in [3.8, 4) is 0 Å². The first-order valence-electron chi connectivity index (χ1n) is 7.78. The van der Waals surface area contributed by atoms with Crippen LogP contribution in [0, 0.1) is 6.92 Å². The first-order valence-corrected chi connectivity index (χ1v) is 9.26. The zero-order chi connectivity index (χ0) is 17.5. The number of fused-ring (bicyclic) bond motifs is 1. The second-order valence-corrected chi connectivity index (χ2v) is 7.45. The Labute approximate surface area is 141 Å². The molecule has 1 aliphatic rings. The molecule has 1 amide bonds. The van der Waals surface area contributed by atoms with E-state index in [0.29, 0.717) is 30.9 Å². The van der Waals surface area contributed by atoms with Gasteiger partial charge in [-0.05, 0) is 44.0 Å². The lowest BCUT2D eigenvalue weighted by molar-refractivity contribution is -0.118. The summed E-state index contributed by atoms with van der Waals surface area (Å²) in [7, 11) is -1.99. The third kappa shape index (κ3) is 2.89. The van der Waals surface area contributed by atoms with E-state index in [1.807, 2.05) is 6.92 Å². The van der Waals surface area contributed by atoms with E-state index in [1.165, 1.54) is 6.20 Å². The van der Waals surface area contributed by atoms with Gasteiger partial charge >= 0.3 is 0 Å². The smallest absolute Gasteiger partial charge is 0.280 e. The highest BCUT2D eigenvalue weighted by atomic mass is 32.2. The summed E-state index contributed by atoms with van der Waals surface area (Å²) in [6, 6.07) is 5.25. The largest absolute Gasteiger partial charge is 0.337 e. The zero-order valence-corrected chi connectivity index (χ0v) is 14.7. The van der Waals surface area contributed by atoms with Crippen LogP contribution in [0.25, 0.3) is 0 Å². The Bertz CT molecular complexity index is 883. The van der Waals surface area contributed by atoms with Crippen molar-refractivity contribution in [1.82, 2.24) is 9.55 Å². The fourth-order valence-electron chi connectivity index (χ4n) is 2.83. The Kier molecular flexibility index (Phi) is 4.08. The van der Waals surface area contributed by atoms with Gasteiger partial charge in [-0.1, -0.05) is 0 Å². The number of carbonyl (C=O) groups is 1. The minimum atomic E-state index is -3.73. The van der Waals surface area contributed by atoms with E-state index in [0.717, 1.165) is 11.3 Å². The van der Waals surface area contributed by atoms with Gasteiger partial charge < -0.3 is 9.47 Å². The monoisotopic (exact) mass is 348 g/mol. The molecule has 1 aliphatic heterocycles. The molecule has 128 valence electrons. The predicted molar refractivity (Wildman–Crippen MR) is 91.5 cm³/mol. The number of amides is 1. The lowest BCUT2D eigenvalue weighted by atomic mass is 10.0. The maximum atomic E-state index is 12.5. The van der Waals surface area contributed by atoms with Crippen LogP contribution in [0.15, 0.2) is 29.4 Å². The van der Waals surface area contributed by atoms with Crippen LogP contribution >= 0.6 is 0 Å². The van der Waals surface area contributed by atoms with Crippen LogP contribution in [0.3, 0.4) is 0 Å². The van der Waals surface area contributed by atoms with Gasteiger partial charge in [-0.3, -0.25) is 9.52 Å². The first kappa shape index (κ1) is 16.5. The molecular weight excluding hydrogens is 328 g/mol. The Morgan fingerprint density at radius 3 is 2.67 bits per heavy atom. The number of aromatic nitrogens is 2.